The first-order valence-electron chi connectivity index (χ1n) is 6.07. The van der Waals surface area contributed by atoms with Gasteiger partial charge >= 0.3 is 0 Å². The third-order valence-electron chi connectivity index (χ3n) is 4.02. The van der Waals surface area contributed by atoms with Crippen molar-refractivity contribution in [2.24, 2.45) is 0 Å². The number of alkyl halides is 1. The lowest BCUT2D eigenvalue weighted by molar-refractivity contribution is -0.216. The second kappa shape index (κ2) is 3.56. The lowest BCUT2D eigenvalue weighted by atomic mass is 9.84. The fourth-order valence-electron chi connectivity index (χ4n) is 3.09. The van der Waals surface area contributed by atoms with Gasteiger partial charge < -0.3 is 18.9 Å². The summed E-state index contributed by atoms with van der Waals surface area (Å²) in [7, 11) is 0. The summed E-state index contributed by atoms with van der Waals surface area (Å²) in [6.07, 6.45) is 0.708. The van der Waals surface area contributed by atoms with Crippen LogP contribution in [-0.2, 0) is 18.9 Å². The molecule has 3 saturated heterocycles. The highest BCUT2D eigenvalue weighted by Gasteiger charge is 2.72. The Morgan fingerprint density at radius 1 is 1.18 bits per heavy atom. The van der Waals surface area contributed by atoms with Gasteiger partial charge in [0.25, 0.3) is 0 Å². The molecule has 3 heterocycles. The van der Waals surface area contributed by atoms with Crippen molar-refractivity contribution in [1.29, 1.82) is 0 Å². The summed E-state index contributed by atoms with van der Waals surface area (Å²) in [6, 6.07) is 0. The lowest BCUT2D eigenvalue weighted by Crippen LogP contribution is -2.51. The summed E-state index contributed by atoms with van der Waals surface area (Å²) >= 11 is 2.35. The van der Waals surface area contributed by atoms with E-state index in [0.717, 1.165) is 10.8 Å². The molecule has 3 rings (SSSR count). The van der Waals surface area contributed by atoms with E-state index in [1.807, 2.05) is 13.8 Å². The topological polar surface area (TPSA) is 40.2 Å². The quantitative estimate of drug-likeness (QED) is 0.411. The molecule has 5 heteroatoms. The summed E-state index contributed by atoms with van der Waals surface area (Å²) in [6.45, 7) is 8.10. The van der Waals surface area contributed by atoms with Crippen molar-refractivity contribution in [3.8, 4) is 0 Å². The second-order valence-electron chi connectivity index (χ2n) is 6.03. The van der Waals surface area contributed by atoms with Gasteiger partial charge in [0.15, 0.2) is 12.1 Å². The van der Waals surface area contributed by atoms with Gasteiger partial charge in [0.1, 0.15) is 17.8 Å². The molecule has 0 aromatic rings. The molecular formula is C12H19IO4. The first-order valence-corrected chi connectivity index (χ1v) is 7.59. The van der Waals surface area contributed by atoms with E-state index in [9.17, 15) is 0 Å². The molecule has 0 aromatic carbocycles. The fraction of sp³-hybridized carbons (Fsp3) is 1.00. The minimum atomic E-state index is -0.546. The van der Waals surface area contributed by atoms with Crippen LogP contribution in [0, 0.1) is 0 Å². The lowest BCUT2D eigenvalue weighted by Gasteiger charge is -2.35. The van der Waals surface area contributed by atoms with Crippen molar-refractivity contribution >= 4 is 22.6 Å². The number of fused-ring (bicyclic) bond motifs is 1. The van der Waals surface area contributed by atoms with Crippen LogP contribution in [0.15, 0.2) is 0 Å². The second-order valence-corrected chi connectivity index (χ2v) is 6.91. The maximum atomic E-state index is 6.03. The molecule has 0 radical (unpaired) electrons. The van der Waals surface area contributed by atoms with Crippen molar-refractivity contribution in [2.45, 2.75) is 69.6 Å². The van der Waals surface area contributed by atoms with E-state index in [1.54, 1.807) is 0 Å². The van der Waals surface area contributed by atoms with Gasteiger partial charge in [-0.25, -0.2) is 0 Å². The van der Waals surface area contributed by atoms with Crippen LogP contribution in [0.1, 0.15) is 34.1 Å². The van der Waals surface area contributed by atoms with Gasteiger partial charge in [0, 0.05) is 10.8 Å². The van der Waals surface area contributed by atoms with Crippen LogP contribution in [0.2, 0.25) is 0 Å². The van der Waals surface area contributed by atoms with Crippen LogP contribution in [0.4, 0.5) is 0 Å². The Morgan fingerprint density at radius 2 is 1.82 bits per heavy atom. The molecule has 1 spiro atoms. The van der Waals surface area contributed by atoms with Gasteiger partial charge in [-0.1, -0.05) is 22.6 Å². The maximum absolute atomic E-state index is 6.03. The van der Waals surface area contributed by atoms with Crippen molar-refractivity contribution in [3.05, 3.63) is 0 Å². The van der Waals surface area contributed by atoms with Crippen LogP contribution >= 0.6 is 22.6 Å². The van der Waals surface area contributed by atoms with Gasteiger partial charge in [-0.2, -0.15) is 0 Å². The third kappa shape index (κ3) is 1.77. The van der Waals surface area contributed by atoms with Crippen LogP contribution in [0.25, 0.3) is 0 Å². The number of rotatable bonds is 1. The highest BCUT2D eigenvalue weighted by atomic mass is 127. The van der Waals surface area contributed by atoms with Crippen LogP contribution in [-0.4, -0.2) is 39.9 Å². The average molecular weight is 354 g/mol. The molecule has 17 heavy (non-hydrogen) atoms. The van der Waals surface area contributed by atoms with Gasteiger partial charge in [-0.3, -0.25) is 0 Å². The smallest absolute Gasteiger partial charge is 0.187 e. The molecule has 98 valence electrons. The van der Waals surface area contributed by atoms with Crippen molar-refractivity contribution in [1.82, 2.24) is 0 Å². The average Bonchev–Trinajstić information content (AvgIpc) is 2.58. The van der Waals surface area contributed by atoms with Crippen LogP contribution in [0.3, 0.4) is 0 Å². The van der Waals surface area contributed by atoms with E-state index >= 15 is 0 Å². The van der Waals surface area contributed by atoms with E-state index in [0.29, 0.717) is 0 Å². The molecule has 0 bridgehead atoms. The number of halogens is 1. The van der Waals surface area contributed by atoms with E-state index in [2.05, 4.69) is 36.4 Å². The van der Waals surface area contributed by atoms with E-state index in [4.69, 9.17) is 18.9 Å². The summed E-state index contributed by atoms with van der Waals surface area (Å²) in [5, 5.41) is 0. The molecule has 3 aliphatic rings. The maximum Gasteiger partial charge on any atom is 0.187 e. The van der Waals surface area contributed by atoms with Gasteiger partial charge in [-0.15, -0.1) is 0 Å². The minimum absolute atomic E-state index is 0.00836. The molecule has 4 atom stereocenters. The van der Waals surface area contributed by atoms with E-state index in [1.165, 1.54) is 0 Å². The largest absolute Gasteiger partial charge is 0.360 e. The Morgan fingerprint density at radius 3 is 2.35 bits per heavy atom. The Kier molecular flexibility index (Phi) is 2.64. The molecule has 0 aliphatic carbocycles. The molecule has 0 aromatic heterocycles. The molecule has 0 amide bonds. The zero-order chi connectivity index (χ0) is 12.5. The summed E-state index contributed by atoms with van der Waals surface area (Å²) in [5.41, 5.74) is -0.289. The van der Waals surface area contributed by atoms with E-state index in [-0.39, 0.29) is 29.7 Å². The van der Waals surface area contributed by atoms with Crippen molar-refractivity contribution < 1.29 is 18.9 Å². The molecule has 0 unspecified atom stereocenters. The first-order chi connectivity index (χ1) is 7.80. The third-order valence-corrected chi connectivity index (χ3v) is 4.82. The molecular weight excluding hydrogens is 335 g/mol. The predicted molar refractivity (Wildman–Crippen MR) is 70.1 cm³/mol. The van der Waals surface area contributed by atoms with Crippen molar-refractivity contribution in [2.75, 3.05) is 4.43 Å². The van der Waals surface area contributed by atoms with E-state index < -0.39 is 5.79 Å². The monoisotopic (exact) mass is 354 g/mol. The van der Waals surface area contributed by atoms with Crippen LogP contribution in [0.5, 0.6) is 0 Å². The van der Waals surface area contributed by atoms with Gasteiger partial charge in [0.2, 0.25) is 0 Å². The standard InChI is InChI=1S/C12H19IO4/c1-10(2)12(17-10)5-7-9(14-8(12)6-13)16-11(3,4)15-7/h7-9H,5-6H2,1-4H3/t7-,8-,9-,12-/m1/s1. The van der Waals surface area contributed by atoms with Crippen molar-refractivity contribution in [3.63, 3.8) is 0 Å². The Balaban J connectivity index is 1.83. The number of ether oxygens (including phenoxy) is 4. The number of hydrogen-bond acceptors (Lipinski definition) is 4. The Hall–Kier alpha value is 0.570. The SMILES string of the molecule is CC1(C)O[C@H]2O[C@H](CI)[C@@]3(C[C@H]2O1)OC3(C)C. The molecule has 3 fully saturated rings. The highest BCUT2D eigenvalue weighted by molar-refractivity contribution is 14.1. The molecule has 4 nitrogen and oxygen atoms in total. The van der Waals surface area contributed by atoms with Crippen LogP contribution < -0.4 is 0 Å². The fourth-order valence-corrected chi connectivity index (χ4v) is 4.01. The zero-order valence-corrected chi connectivity index (χ0v) is 12.8. The normalized spacial score (nSPS) is 50.3. The number of hydrogen-bond donors (Lipinski definition) is 0. The summed E-state index contributed by atoms with van der Waals surface area (Å²) in [4.78, 5) is 0. The minimum Gasteiger partial charge on any atom is -0.360 e. The zero-order valence-electron chi connectivity index (χ0n) is 10.7. The summed E-state index contributed by atoms with van der Waals surface area (Å²) in [5.74, 6) is -0.546. The van der Waals surface area contributed by atoms with Gasteiger partial charge in [-0.05, 0) is 27.7 Å². The van der Waals surface area contributed by atoms with Gasteiger partial charge in [0.05, 0.1) is 5.60 Å². The summed E-state index contributed by atoms with van der Waals surface area (Å²) < 4.78 is 24.5. The highest BCUT2D eigenvalue weighted by Crippen LogP contribution is 2.58. The Bertz CT molecular complexity index is 343. The molecule has 0 saturated carbocycles. The molecule has 3 aliphatic heterocycles. The molecule has 0 N–H and O–H groups in total. The number of epoxide rings is 1. The Labute approximate surface area is 115 Å². The predicted octanol–water partition coefficient (Wildman–Crippen LogP) is 2.24. The first kappa shape index (κ1) is 12.6.